The zero-order chi connectivity index (χ0) is 31.5. The molecule has 0 unspecified atom stereocenters. The van der Waals surface area contributed by atoms with Crippen molar-refractivity contribution < 1.29 is 9.47 Å². The van der Waals surface area contributed by atoms with Crippen molar-refractivity contribution in [1.82, 2.24) is 15.0 Å². The molecule has 1 aliphatic heterocycles. The lowest BCUT2D eigenvalue weighted by atomic mass is 9.82. The van der Waals surface area contributed by atoms with Crippen LogP contribution >= 0.6 is 0 Å². The van der Waals surface area contributed by atoms with Crippen molar-refractivity contribution in [2.24, 2.45) is 0 Å². The third kappa shape index (κ3) is 4.43. The van der Waals surface area contributed by atoms with Crippen molar-refractivity contribution in [2.75, 3.05) is 0 Å². The molecule has 0 atom stereocenters. The smallest absolute Gasteiger partial charge is 0.177 e. The number of nitrogens with zero attached hydrogens (tertiary/aromatic N) is 3. The second-order valence-electron chi connectivity index (χ2n) is 12.4. The fourth-order valence-electron chi connectivity index (χ4n) is 6.85. The molecule has 0 bridgehead atoms. The molecular weight excluding hydrogens is 578 g/mol. The van der Waals surface area contributed by atoms with Gasteiger partial charge in [-0.3, -0.25) is 0 Å². The summed E-state index contributed by atoms with van der Waals surface area (Å²) in [6, 6.07) is 47.1. The molecule has 0 amide bonds. The lowest BCUT2D eigenvalue weighted by molar-refractivity contribution is 0.360. The fraction of sp³-hybridized carbons (Fsp3) is 0.0714. The molecule has 0 radical (unpaired) electrons. The highest BCUT2D eigenvalue weighted by Gasteiger charge is 2.37. The van der Waals surface area contributed by atoms with E-state index < -0.39 is 0 Å². The van der Waals surface area contributed by atoms with Gasteiger partial charge in [-0.2, -0.15) is 0 Å². The van der Waals surface area contributed by atoms with Crippen molar-refractivity contribution >= 4 is 0 Å². The van der Waals surface area contributed by atoms with Crippen LogP contribution < -0.4 is 9.47 Å². The molecule has 0 saturated carbocycles. The normalized spacial score (nSPS) is 13.4. The van der Waals surface area contributed by atoms with Gasteiger partial charge in [0.15, 0.2) is 40.5 Å². The van der Waals surface area contributed by atoms with Crippen LogP contribution in [-0.2, 0) is 5.41 Å². The molecule has 1 aromatic heterocycles. The van der Waals surface area contributed by atoms with Crippen LogP contribution in [0.3, 0.4) is 0 Å². The Hall–Kier alpha value is -6.07. The molecule has 9 rings (SSSR count). The molecule has 2 aliphatic rings. The Morgan fingerprint density at radius 3 is 1.66 bits per heavy atom. The second kappa shape index (κ2) is 10.5. The van der Waals surface area contributed by atoms with Crippen molar-refractivity contribution in [2.45, 2.75) is 19.3 Å². The summed E-state index contributed by atoms with van der Waals surface area (Å²) < 4.78 is 13.4. The van der Waals surface area contributed by atoms with Crippen molar-refractivity contribution in [3.63, 3.8) is 0 Å². The predicted molar refractivity (Wildman–Crippen MR) is 186 cm³/mol. The van der Waals surface area contributed by atoms with Gasteiger partial charge >= 0.3 is 0 Å². The van der Waals surface area contributed by atoms with E-state index in [1.165, 1.54) is 22.3 Å². The van der Waals surface area contributed by atoms with E-state index in [4.69, 9.17) is 24.4 Å². The molecule has 0 fully saturated rings. The van der Waals surface area contributed by atoms with Gasteiger partial charge in [0.2, 0.25) is 0 Å². The van der Waals surface area contributed by atoms with E-state index in [0.29, 0.717) is 34.7 Å². The number of hydrogen-bond acceptors (Lipinski definition) is 5. The Labute approximate surface area is 273 Å². The maximum absolute atomic E-state index is 6.77. The third-order valence-electron chi connectivity index (χ3n) is 9.22. The van der Waals surface area contributed by atoms with Gasteiger partial charge in [0.25, 0.3) is 0 Å². The summed E-state index contributed by atoms with van der Waals surface area (Å²) in [4.78, 5) is 14.9. The van der Waals surface area contributed by atoms with E-state index in [-0.39, 0.29) is 5.41 Å². The zero-order valence-electron chi connectivity index (χ0n) is 25.9. The first-order chi connectivity index (χ1) is 23.0. The van der Waals surface area contributed by atoms with Crippen LogP contribution in [-0.4, -0.2) is 15.0 Å². The Morgan fingerprint density at radius 2 is 0.957 bits per heavy atom. The second-order valence-corrected chi connectivity index (χ2v) is 12.4. The molecule has 2 heterocycles. The lowest BCUT2D eigenvalue weighted by Crippen LogP contribution is -2.15. The summed E-state index contributed by atoms with van der Waals surface area (Å²) in [5, 5.41) is 0. The van der Waals surface area contributed by atoms with Crippen LogP contribution in [0.25, 0.3) is 56.4 Å². The molecule has 6 aromatic carbocycles. The van der Waals surface area contributed by atoms with Crippen LogP contribution in [0.1, 0.15) is 25.0 Å². The maximum Gasteiger partial charge on any atom is 0.177 e. The van der Waals surface area contributed by atoms with E-state index in [9.17, 15) is 0 Å². The highest BCUT2D eigenvalue weighted by Crippen LogP contribution is 2.56. The van der Waals surface area contributed by atoms with Gasteiger partial charge < -0.3 is 9.47 Å². The molecule has 5 nitrogen and oxygen atoms in total. The third-order valence-corrected chi connectivity index (χ3v) is 9.22. The molecule has 0 saturated heterocycles. The quantitative estimate of drug-likeness (QED) is 0.199. The molecule has 7 aromatic rings. The van der Waals surface area contributed by atoms with Gasteiger partial charge in [-0.25, -0.2) is 15.0 Å². The van der Waals surface area contributed by atoms with Crippen LogP contribution in [0.4, 0.5) is 0 Å². The summed E-state index contributed by atoms with van der Waals surface area (Å²) >= 11 is 0. The number of benzene rings is 6. The minimum absolute atomic E-state index is 0.132. The van der Waals surface area contributed by atoms with E-state index in [1.807, 2.05) is 84.9 Å². The topological polar surface area (TPSA) is 57.1 Å². The average molecular weight is 608 g/mol. The lowest BCUT2D eigenvalue weighted by Gasteiger charge is -2.26. The van der Waals surface area contributed by atoms with Gasteiger partial charge in [0.05, 0.1) is 0 Å². The first kappa shape index (κ1) is 27.3. The molecule has 224 valence electrons. The van der Waals surface area contributed by atoms with E-state index in [1.54, 1.807) is 0 Å². The predicted octanol–water partition coefficient (Wildman–Crippen LogP) is 10.7. The Balaban J connectivity index is 1.18. The molecule has 5 heteroatoms. The standard InChI is InChI=1S/C42H29N3O2/c1-42(2)33-22-12-11-19-29(33)32-24-36-37(25-34(32)42)46-35-23-13-21-30(38(35)47-36)28-18-9-10-20-31(28)41-44-39(26-14-5-3-6-15-26)43-40(45-41)27-16-7-4-8-17-27/h3-25H,1-2H3. The summed E-state index contributed by atoms with van der Waals surface area (Å²) in [7, 11) is 0. The number of rotatable bonds is 4. The van der Waals surface area contributed by atoms with Gasteiger partial charge in [-0.1, -0.05) is 135 Å². The SMILES string of the molecule is CC1(C)c2ccccc2-c2cc3c(cc21)Oc1cccc(-c2ccccc2-c2nc(-c4ccccc4)nc(-c4ccccc4)n2)c1O3. The van der Waals surface area contributed by atoms with Crippen LogP contribution in [0.2, 0.25) is 0 Å². The fourth-order valence-corrected chi connectivity index (χ4v) is 6.85. The summed E-state index contributed by atoms with van der Waals surface area (Å²) in [6.45, 7) is 4.54. The van der Waals surface area contributed by atoms with Crippen molar-refractivity contribution in [3.05, 3.63) is 151 Å². The van der Waals surface area contributed by atoms with Crippen LogP contribution in [0, 0.1) is 0 Å². The highest BCUT2D eigenvalue weighted by atomic mass is 16.6. The molecular formula is C42H29N3O2. The molecule has 0 N–H and O–H groups in total. The van der Waals surface area contributed by atoms with E-state index in [2.05, 4.69) is 68.4 Å². The molecule has 0 spiro atoms. The highest BCUT2D eigenvalue weighted by molar-refractivity contribution is 5.88. The van der Waals surface area contributed by atoms with Crippen molar-refractivity contribution in [1.29, 1.82) is 0 Å². The van der Waals surface area contributed by atoms with Crippen LogP contribution in [0.15, 0.2) is 140 Å². The van der Waals surface area contributed by atoms with E-state index >= 15 is 0 Å². The van der Waals surface area contributed by atoms with Crippen LogP contribution in [0.5, 0.6) is 23.0 Å². The minimum Gasteiger partial charge on any atom is -0.449 e. The monoisotopic (exact) mass is 607 g/mol. The Bertz CT molecular complexity index is 2270. The number of hydrogen-bond donors (Lipinski definition) is 0. The first-order valence-electron chi connectivity index (χ1n) is 15.8. The zero-order valence-corrected chi connectivity index (χ0v) is 25.9. The molecule has 1 aliphatic carbocycles. The van der Waals surface area contributed by atoms with Gasteiger partial charge in [0.1, 0.15) is 0 Å². The van der Waals surface area contributed by atoms with Gasteiger partial charge in [0, 0.05) is 27.7 Å². The average Bonchev–Trinajstić information content (AvgIpc) is 3.35. The Kier molecular flexibility index (Phi) is 6.09. The summed E-state index contributed by atoms with van der Waals surface area (Å²) in [6.07, 6.45) is 0. The van der Waals surface area contributed by atoms with Crippen molar-refractivity contribution in [3.8, 4) is 79.4 Å². The number of fused-ring (bicyclic) bond motifs is 5. The first-order valence-corrected chi connectivity index (χ1v) is 15.8. The number of aromatic nitrogens is 3. The maximum atomic E-state index is 6.77. The largest absolute Gasteiger partial charge is 0.449 e. The summed E-state index contributed by atoms with van der Waals surface area (Å²) in [5.41, 5.74) is 9.39. The van der Waals surface area contributed by atoms with E-state index in [0.717, 1.165) is 33.6 Å². The van der Waals surface area contributed by atoms with Gasteiger partial charge in [-0.15, -0.1) is 0 Å². The minimum atomic E-state index is -0.132. The number of ether oxygens (including phenoxy) is 2. The molecule has 47 heavy (non-hydrogen) atoms. The Morgan fingerprint density at radius 1 is 0.404 bits per heavy atom. The van der Waals surface area contributed by atoms with Gasteiger partial charge in [-0.05, 0) is 46.0 Å². The number of para-hydroxylation sites is 1. The summed E-state index contributed by atoms with van der Waals surface area (Å²) in [5.74, 6) is 4.57.